The van der Waals surface area contributed by atoms with E-state index in [1.54, 1.807) is 13.8 Å². The highest BCUT2D eigenvalue weighted by atomic mass is 32.1. The van der Waals surface area contributed by atoms with E-state index in [9.17, 15) is 20.2 Å². The molecule has 1 atom stereocenters. The number of aromatic nitrogens is 2. The number of thiophene rings is 1. The highest BCUT2D eigenvalue weighted by molar-refractivity contribution is 7.16. The number of nitriles is 1. The van der Waals surface area contributed by atoms with Crippen LogP contribution in [-0.4, -0.2) is 20.6 Å². The normalized spacial score (nSPS) is 16.2. The summed E-state index contributed by atoms with van der Waals surface area (Å²) < 4.78 is 1.33. The predicted octanol–water partition coefficient (Wildman–Crippen LogP) is 4.13. The van der Waals surface area contributed by atoms with Crippen molar-refractivity contribution >= 4 is 27.9 Å². The number of fused-ring (bicyclic) bond motifs is 1. The van der Waals surface area contributed by atoms with Gasteiger partial charge in [0.15, 0.2) is 0 Å². The van der Waals surface area contributed by atoms with Gasteiger partial charge in [-0.15, -0.1) is 11.3 Å². The first-order valence-electron chi connectivity index (χ1n) is 9.55. The monoisotopic (exact) mass is 415 g/mol. The lowest BCUT2D eigenvalue weighted by Crippen LogP contribution is -2.26. The second kappa shape index (κ2) is 7.59. The van der Waals surface area contributed by atoms with Gasteiger partial charge in [0.1, 0.15) is 29.0 Å². The maximum absolute atomic E-state index is 12.6. The average molecular weight is 416 g/mol. The molecule has 9 heteroatoms. The van der Waals surface area contributed by atoms with Crippen LogP contribution in [0.1, 0.15) is 54.6 Å². The van der Waals surface area contributed by atoms with Crippen molar-refractivity contribution in [1.82, 2.24) is 9.78 Å². The van der Waals surface area contributed by atoms with Crippen molar-refractivity contribution in [2.24, 2.45) is 11.3 Å². The Morgan fingerprint density at radius 3 is 2.69 bits per heavy atom. The molecule has 154 valence electrons. The number of anilines is 1. The van der Waals surface area contributed by atoms with Crippen LogP contribution in [-0.2, 0) is 24.2 Å². The van der Waals surface area contributed by atoms with Gasteiger partial charge in [-0.2, -0.15) is 10.4 Å². The van der Waals surface area contributed by atoms with Crippen LogP contribution < -0.4 is 5.32 Å². The molecule has 0 saturated carbocycles. The number of hydrogen-bond acceptors (Lipinski definition) is 6. The van der Waals surface area contributed by atoms with Crippen molar-refractivity contribution in [3.05, 3.63) is 37.5 Å². The number of rotatable bonds is 4. The number of aryl methyl sites for hydroxylation is 1. The van der Waals surface area contributed by atoms with Crippen LogP contribution in [0.25, 0.3) is 0 Å². The largest absolute Gasteiger partial charge is 0.315 e. The minimum Gasteiger partial charge on any atom is -0.315 e. The fourth-order valence-corrected chi connectivity index (χ4v) is 5.23. The molecule has 8 nitrogen and oxygen atoms in total. The molecule has 0 unspecified atom stereocenters. The Morgan fingerprint density at radius 2 is 2.14 bits per heavy atom. The number of nitro groups is 1. The Hall–Kier alpha value is -2.73. The average Bonchev–Trinajstić information content (AvgIpc) is 3.09. The number of carbonyl (C=O) groups is 1. The molecule has 0 aromatic carbocycles. The quantitative estimate of drug-likeness (QED) is 0.596. The Bertz CT molecular complexity index is 1020. The molecule has 0 bridgehead atoms. The first-order chi connectivity index (χ1) is 13.5. The van der Waals surface area contributed by atoms with Gasteiger partial charge in [-0.05, 0) is 50.0 Å². The van der Waals surface area contributed by atoms with Gasteiger partial charge in [-0.1, -0.05) is 20.8 Å². The highest BCUT2D eigenvalue weighted by Gasteiger charge is 2.32. The van der Waals surface area contributed by atoms with E-state index in [4.69, 9.17) is 0 Å². The lowest BCUT2D eigenvalue weighted by molar-refractivity contribution is -0.386. The van der Waals surface area contributed by atoms with Crippen molar-refractivity contribution in [2.75, 3.05) is 5.32 Å². The second-order valence-electron chi connectivity index (χ2n) is 8.61. The van der Waals surface area contributed by atoms with E-state index in [0.717, 1.165) is 24.8 Å². The summed E-state index contributed by atoms with van der Waals surface area (Å²) in [7, 11) is 0. The first kappa shape index (κ1) is 21.0. The first-order valence-corrected chi connectivity index (χ1v) is 10.4. The third-order valence-electron chi connectivity index (χ3n) is 5.67. The zero-order valence-corrected chi connectivity index (χ0v) is 18.1. The van der Waals surface area contributed by atoms with Crippen LogP contribution in [0.2, 0.25) is 0 Å². The standard InChI is InChI=1S/C20H25N5O3S/c1-11-18(25(27)28)12(2)24(23-11)10-17(26)22-19-15(9-21)14-7-6-13(20(3,4)5)8-16(14)29-19/h13H,6-8,10H2,1-5H3,(H,22,26)/t13-/m1/s1. The van der Waals surface area contributed by atoms with Gasteiger partial charge in [0.25, 0.3) is 0 Å². The maximum atomic E-state index is 12.6. The molecule has 1 amide bonds. The van der Waals surface area contributed by atoms with E-state index in [1.807, 2.05) is 0 Å². The summed E-state index contributed by atoms with van der Waals surface area (Å²) in [5, 5.41) is 28.3. The topological polar surface area (TPSA) is 114 Å². The van der Waals surface area contributed by atoms with Gasteiger partial charge in [-0.3, -0.25) is 19.6 Å². The molecule has 2 aromatic rings. The van der Waals surface area contributed by atoms with Gasteiger partial charge in [0.05, 0.1) is 10.5 Å². The maximum Gasteiger partial charge on any atom is 0.312 e. The fourth-order valence-electron chi connectivity index (χ4n) is 3.94. The van der Waals surface area contributed by atoms with Crippen molar-refractivity contribution in [3.8, 4) is 6.07 Å². The van der Waals surface area contributed by atoms with Crippen molar-refractivity contribution < 1.29 is 9.72 Å². The molecule has 1 aliphatic rings. The van der Waals surface area contributed by atoms with Crippen LogP contribution in [0.3, 0.4) is 0 Å². The fraction of sp³-hybridized carbons (Fsp3) is 0.550. The van der Waals surface area contributed by atoms with Gasteiger partial charge in [0.2, 0.25) is 5.91 Å². The van der Waals surface area contributed by atoms with Crippen molar-refractivity contribution in [2.45, 2.75) is 60.4 Å². The van der Waals surface area contributed by atoms with Gasteiger partial charge < -0.3 is 5.32 Å². The summed E-state index contributed by atoms with van der Waals surface area (Å²) in [4.78, 5) is 24.4. The van der Waals surface area contributed by atoms with E-state index >= 15 is 0 Å². The van der Waals surface area contributed by atoms with E-state index in [0.29, 0.717) is 22.2 Å². The molecule has 0 saturated heterocycles. The number of amides is 1. The Morgan fingerprint density at radius 1 is 1.45 bits per heavy atom. The summed E-state index contributed by atoms with van der Waals surface area (Å²) in [6.45, 7) is 9.68. The summed E-state index contributed by atoms with van der Waals surface area (Å²) in [6, 6.07) is 2.25. The molecular weight excluding hydrogens is 390 g/mol. The van der Waals surface area contributed by atoms with Gasteiger partial charge in [-0.25, -0.2) is 0 Å². The zero-order valence-electron chi connectivity index (χ0n) is 17.3. The van der Waals surface area contributed by atoms with Crippen LogP contribution in [0.5, 0.6) is 0 Å². The zero-order chi connectivity index (χ0) is 21.5. The number of hydrogen-bond donors (Lipinski definition) is 1. The van der Waals surface area contributed by atoms with Crippen molar-refractivity contribution in [1.29, 1.82) is 5.26 Å². The van der Waals surface area contributed by atoms with Crippen molar-refractivity contribution in [3.63, 3.8) is 0 Å². The molecule has 0 aliphatic heterocycles. The van der Waals surface area contributed by atoms with Gasteiger partial charge in [0, 0.05) is 4.88 Å². The molecule has 0 radical (unpaired) electrons. The predicted molar refractivity (Wildman–Crippen MR) is 111 cm³/mol. The van der Waals surface area contributed by atoms with Crippen LogP contribution in [0.15, 0.2) is 0 Å². The Kier molecular flexibility index (Phi) is 5.50. The summed E-state index contributed by atoms with van der Waals surface area (Å²) in [6.07, 6.45) is 2.79. The summed E-state index contributed by atoms with van der Waals surface area (Å²) in [5.41, 5.74) is 2.33. The number of carbonyl (C=O) groups excluding carboxylic acids is 1. The highest BCUT2D eigenvalue weighted by Crippen LogP contribution is 2.44. The van der Waals surface area contributed by atoms with E-state index in [-0.39, 0.29) is 29.2 Å². The Balaban J connectivity index is 1.80. The van der Waals surface area contributed by atoms with Crippen LogP contribution >= 0.6 is 11.3 Å². The molecule has 3 rings (SSSR count). The summed E-state index contributed by atoms with van der Waals surface area (Å²) >= 11 is 1.47. The number of nitrogens with zero attached hydrogens (tertiary/aromatic N) is 4. The van der Waals surface area contributed by atoms with E-state index in [2.05, 4.69) is 37.3 Å². The molecule has 1 aliphatic carbocycles. The third-order valence-corrected chi connectivity index (χ3v) is 6.84. The van der Waals surface area contributed by atoms with Crippen LogP contribution in [0.4, 0.5) is 10.7 Å². The lowest BCUT2D eigenvalue weighted by Gasteiger charge is -2.33. The number of nitrogens with one attached hydrogen (secondary N) is 1. The Labute approximate surface area is 173 Å². The SMILES string of the molecule is Cc1nn(CC(=O)Nc2sc3c(c2C#N)CC[C@@H](C(C)(C)C)C3)c(C)c1[N+](=O)[O-]. The molecule has 0 fully saturated rings. The third kappa shape index (κ3) is 4.03. The molecule has 0 spiro atoms. The minimum absolute atomic E-state index is 0.0738. The van der Waals surface area contributed by atoms with E-state index in [1.165, 1.54) is 20.9 Å². The molecule has 29 heavy (non-hydrogen) atoms. The smallest absolute Gasteiger partial charge is 0.312 e. The van der Waals surface area contributed by atoms with Gasteiger partial charge >= 0.3 is 5.69 Å². The van der Waals surface area contributed by atoms with E-state index < -0.39 is 4.92 Å². The second-order valence-corrected chi connectivity index (χ2v) is 9.71. The minimum atomic E-state index is -0.487. The van der Waals surface area contributed by atoms with Crippen LogP contribution in [0, 0.1) is 46.6 Å². The molecule has 2 heterocycles. The lowest BCUT2D eigenvalue weighted by atomic mass is 9.72. The molecule has 2 aromatic heterocycles. The molecule has 1 N–H and O–H groups in total. The molecular formula is C20H25N5O3S. The summed E-state index contributed by atoms with van der Waals surface area (Å²) in [5.74, 6) is 0.187.